The maximum absolute atomic E-state index is 10.6. The number of likely N-dealkylation sites (tertiary alicyclic amines) is 1. The maximum atomic E-state index is 10.6. The number of ether oxygens (including phenoxy) is 1. The van der Waals surface area contributed by atoms with Crippen molar-refractivity contribution < 1.29 is 14.6 Å². The van der Waals surface area contributed by atoms with E-state index in [-0.39, 0.29) is 0 Å². The Balaban J connectivity index is 1.77. The normalized spacial score (nSPS) is 27.2. The average molecular weight is 241 g/mol. The zero-order valence-corrected chi connectivity index (χ0v) is 10.6. The molecule has 2 unspecified atom stereocenters. The number of carboxylic acid groups (broad SMARTS) is 1. The number of hydrogen-bond donors (Lipinski definition) is 1. The van der Waals surface area contributed by atoms with Crippen LogP contribution >= 0.6 is 0 Å². The van der Waals surface area contributed by atoms with Crippen LogP contribution in [0.4, 0.5) is 0 Å². The number of hydrogen-bond acceptors (Lipinski definition) is 3. The fourth-order valence-electron chi connectivity index (χ4n) is 2.92. The Labute approximate surface area is 103 Å². The SMILES string of the molecule is COCC(C1CC1)N1CCC(CCC(=O)O)C1. The summed E-state index contributed by atoms with van der Waals surface area (Å²) in [4.78, 5) is 13.1. The van der Waals surface area contributed by atoms with Crippen LogP contribution in [0.3, 0.4) is 0 Å². The maximum Gasteiger partial charge on any atom is 0.303 e. The molecule has 1 N–H and O–H groups in total. The predicted molar refractivity (Wildman–Crippen MR) is 64.9 cm³/mol. The number of methoxy groups -OCH3 is 1. The van der Waals surface area contributed by atoms with Gasteiger partial charge >= 0.3 is 5.97 Å². The van der Waals surface area contributed by atoms with Crippen LogP contribution in [0.15, 0.2) is 0 Å². The molecule has 0 radical (unpaired) electrons. The van der Waals surface area contributed by atoms with Gasteiger partial charge in [-0.3, -0.25) is 9.69 Å². The summed E-state index contributed by atoms with van der Waals surface area (Å²) >= 11 is 0. The fourth-order valence-corrected chi connectivity index (χ4v) is 2.92. The van der Waals surface area contributed by atoms with Crippen LogP contribution in [0.25, 0.3) is 0 Å². The van der Waals surface area contributed by atoms with Gasteiger partial charge in [-0.15, -0.1) is 0 Å². The first kappa shape index (κ1) is 12.8. The van der Waals surface area contributed by atoms with Crippen LogP contribution in [-0.4, -0.2) is 48.8 Å². The van der Waals surface area contributed by atoms with E-state index >= 15 is 0 Å². The van der Waals surface area contributed by atoms with Crippen LogP contribution in [0, 0.1) is 11.8 Å². The molecule has 1 saturated heterocycles. The third kappa shape index (κ3) is 3.68. The molecule has 4 heteroatoms. The largest absolute Gasteiger partial charge is 0.481 e. The van der Waals surface area contributed by atoms with Gasteiger partial charge < -0.3 is 9.84 Å². The molecule has 0 spiro atoms. The highest BCUT2D eigenvalue weighted by molar-refractivity contribution is 5.66. The standard InChI is InChI=1S/C13H23NO3/c1-17-9-12(11-3-4-11)14-7-6-10(8-14)2-5-13(15)16/h10-12H,2-9H2,1H3,(H,15,16). The molecule has 2 aliphatic rings. The Bertz CT molecular complexity index is 265. The first-order valence-electron chi connectivity index (χ1n) is 6.65. The van der Waals surface area contributed by atoms with Crippen molar-refractivity contribution in [2.75, 3.05) is 26.8 Å². The van der Waals surface area contributed by atoms with Crippen molar-refractivity contribution in [3.05, 3.63) is 0 Å². The lowest BCUT2D eigenvalue weighted by molar-refractivity contribution is -0.137. The lowest BCUT2D eigenvalue weighted by Crippen LogP contribution is -2.38. The Kier molecular flexibility index (Phi) is 4.40. The van der Waals surface area contributed by atoms with Gasteiger partial charge in [0, 0.05) is 26.1 Å². The minimum Gasteiger partial charge on any atom is -0.481 e. The van der Waals surface area contributed by atoms with Gasteiger partial charge in [0.1, 0.15) is 0 Å². The summed E-state index contributed by atoms with van der Waals surface area (Å²) in [5.74, 6) is 0.733. The summed E-state index contributed by atoms with van der Waals surface area (Å²) in [5, 5.41) is 8.70. The molecule has 17 heavy (non-hydrogen) atoms. The highest BCUT2D eigenvalue weighted by Crippen LogP contribution is 2.37. The zero-order valence-electron chi connectivity index (χ0n) is 10.6. The molecule has 0 amide bonds. The van der Waals surface area contributed by atoms with Gasteiger partial charge in [0.2, 0.25) is 0 Å². The fraction of sp³-hybridized carbons (Fsp3) is 0.923. The number of rotatable bonds is 7. The number of nitrogens with zero attached hydrogens (tertiary/aromatic N) is 1. The van der Waals surface area contributed by atoms with Crippen molar-refractivity contribution in [3.8, 4) is 0 Å². The molecule has 1 aliphatic heterocycles. The minimum atomic E-state index is -0.668. The van der Waals surface area contributed by atoms with Crippen LogP contribution < -0.4 is 0 Å². The van der Waals surface area contributed by atoms with E-state index < -0.39 is 5.97 Å². The van der Waals surface area contributed by atoms with E-state index in [0.717, 1.165) is 38.5 Å². The number of carbonyl (C=O) groups is 1. The second-order valence-corrected chi connectivity index (χ2v) is 5.44. The lowest BCUT2D eigenvalue weighted by Gasteiger charge is -2.27. The molecule has 2 atom stereocenters. The van der Waals surface area contributed by atoms with E-state index in [1.807, 2.05) is 0 Å². The summed E-state index contributed by atoms with van der Waals surface area (Å²) < 4.78 is 5.32. The third-order valence-electron chi connectivity index (χ3n) is 4.06. The van der Waals surface area contributed by atoms with E-state index in [4.69, 9.17) is 9.84 Å². The lowest BCUT2D eigenvalue weighted by atomic mass is 10.0. The molecular weight excluding hydrogens is 218 g/mol. The van der Waals surface area contributed by atoms with Crippen molar-refractivity contribution in [1.82, 2.24) is 4.90 Å². The molecule has 4 nitrogen and oxygen atoms in total. The van der Waals surface area contributed by atoms with Gasteiger partial charge in [0.05, 0.1) is 6.61 Å². The third-order valence-corrected chi connectivity index (χ3v) is 4.06. The van der Waals surface area contributed by atoms with Gasteiger partial charge in [-0.1, -0.05) is 0 Å². The molecule has 1 heterocycles. The van der Waals surface area contributed by atoms with Gasteiger partial charge in [0.25, 0.3) is 0 Å². The van der Waals surface area contributed by atoms with E-state index in [0.29, 0.717) is 18.4 Å². The van der Waals surface area contributed by atoms with Gasteiger partial charge in [-0.05, 0) is 44.1 Å². The number of aliphatic carboxylic acids is 1. The predicted octanol–water partition coefficient (Wildman–Crippen LogP) is 1.60. The Morgan fingerprint density at radius 3 is 2.82 bits per heavy atom. The van der Waals surface area contributed by atoms with Crippen molar-refractivity contribution in [3.63, 3.8) is 0 Å². The Morgan fingerprint density at radius 2 is 2.24 bits per heavy atom. The summed E-state index contributed by atoms with van der Waals surface area (Å²) in [6.07, 6.45) is 4.97. The van der Waals surface area contributed by atoms with E-state index in [9.17, 15) is 4.79 Å². The van der Waals surface area contributed by atoms with Crippen LogP contribution in [0.2, 0.25) is 0 Å². The van der Waals surface area contributed by atoms with E-state index in [1.54, 1.807) is 7.11 Å². The second-order valence-electron chi connectivity index (χ2n) is 5.44. The second kappa shape index (κ2) is 5.83. The van der Waals surface area contributed by atoms with Gasteiger partial charge in [0.15, 0.2) is 0 Å². The molecule has 0 aromatic heterocycles. The monoisotopic (exact) mass is 241 g/mol. The van der Waals surface area contributed by atoms with Crippen molar-refractivity contribution in [1.29, 1.82) is 0 Å². The number of carboxylic acids is 1. The molecule has 1 saturated carbocycles. The molecule has 1 aliphatic carbocycles. The summed E-state index contributed by atoms with van der Waals surface area (Å²) in [5.41, 5.74) is 0. The molecule has 98 valence electrons. The van der Waals surface area contributed by atoms with Crippen molar-refractivity contribution in [2.24, 2.45) is 11.8 Å². The van der Waals surface area contributed by atoms with Gasteiger partial charge in [-0.25, -0.2) is 0 Å². The smallest absolute Gasteiger partial charge is 0.303 e. The summed E-state index contributed by atoms with van der Waals surface area (Å²) in [6, 6.07) is 0.579. The van der Waals surface area contributed by atoms with E-state index in [2.05, 4.69) is 4.90 Å². The topological polar surface area (TPSA) is 49.8 Å². The molecule has 2 rings (SSSR count). The van der Waals surface area contributed by atoms with Crippen LogP contribution in [0.1, 0.15) is 32.1 Å². The first-order chi connectivity index (χ1) is 8.20. The summed E-state index contributed by atoms with van der Waals surface area (Å²) in [6.45, 7) is 3.02. The molecule has 0 bridgehead atoms. The highest BCUT2D eigenvalue weighted by Gasteiger charge is 2.38. The van der Waals surface area contributed by atoms with Crippen LogP contribution in [0.5, 0.6) is 0 Å². The van der Waals surface area contributed by atoms with Crippen LogP contribution in [-0.2, 0) is 9.53 Å². The zero-order chi connectivity index (χ0) is 12.3. The molecule has 0 aromatic rings. The van der Waals surface area contributed by atoms with Crippen molar-refractivity contribution in [2.45, 2.75) is 38.1 Å². The average Bonchev–Trinajstić information content (AvgIpc) is 3.02. The first-order valence-corrected chi connectivity index (χ1v) is 6.65. The van der Waals surface area contributed by atoms with Crippen molar-refractivity contribution >= 4 is 5.97 Å². The Morgan fingerprint density at radius 1 is 1.47 bits per heavy atom. The molecule has 2 fully saturated rings. The van der Waals surface area contributed by atoms with Gasteiger partial charge in [-0.2, -0.15) is 0 Å². The van der Waals surface area contributed by atoms with E-state index in [1.165, 1.54) is 12.8 Å². The minimum absolute atomic E-state index is 0.316. The summed E-state index contributed by atoms with van der Waals surface area (Å²) in [7, 11) is 1.77. The molecular formula is C13H23NO3. The quantitative estimate of drug-likeness (QED) is 0.735. The highest BCUT2D eigenvalue weighted by atomic mass is 16.5. The molecule has 0 aromatic carbocycles. The Hall–Kier alpha value is -0.610.